The summed E-state index contributed by atoms with van der Waals surface area (Å²) in [6.07, 6.45) is 6.70. The van der Waals surface area contributed by atoms with E-state index in [2.05, 4.69) is 24.8 Å². The molecule has 0 bridgehead atoms. The average Bonchev–Trinajstić information content (AvgIpc) is 2.66. The minimum atomic E-state index is -1.10. The molecule has 0 unspecified atom stereocenters. The second kappa shape index (κ2) is 22.0. The molecule has 0 rings (SSSR count). The third kappa shape index (κ3) is 18.1. The molecule has 0 aliphatic heterocycles. The Morgan fingerprint density at radius 1 is 0.967 bits per heavy atom. The number of hydrogen-bond donors (Lipinski definition) is 5. The van der Waals surface area contributed by atoms with E-state index in [1.165, 1.54) is 31.9 Å². The lowest BCUT2D eigenvalue weighted by Gasteiger charge is -2.06. The minimum absolute atomic E-state index is 0. The molecule has 12 nitrogen and oxygen atoms in total. The van der Waals surface area contributed by atoms with Crippen molar-refractivity contribution in [2.24, 2.45) is 32.2 Å². The highest BCUT2D eigenvalue weighted by molar-refractivity contribution is 5.75. The molecule has 30 heavy (non-hydrogen) atoms. The van der Waals surface area contributed by atoms with E-state index in [9.17, 15) is 9.59 Å². The lowest BCUT2D eigenvalue weighted by Crippen LogP contribution is -2.30. The summed E-state index contributed by atoms with van der Waals surface area (Å²) in [5.41, 5.74) is 16.6. The zero-order valence-corrected chi connectivity index (χ0v) is 16.1. The van der Waals surface area contributed by atoms with E-state index in [0.717, 1.165) is 6.40 Å². The number of carboxylic acid groups (broad SMARTS) is 2. The second-order valence-electron chi connectivity index (χ2n) is 4.81. The molecule has 0 aliphatic carbocycles. The third-order valence-corrected chi connectivity index (χ3v) is 2.79. The van der Waals surface area contributed by atoms with Crippen molar-refractivity contribution < 1.29 is 29.6 Å². The number of aliphatic carboxylic acids is 2. The second-order valence-corrected chi connectivity index (χ2v) is 4.81. The van der Waals surface area contributed by atoms with Crippen molar-refractivity contribution in [2.45, 2.75) is 53.6 Å². The molecule has 0 aromatic carbocycles. The van der Waals surface area contributed by atoms with Crippen molar-refractivity contribution in [3.8, 4) is 0 Å². The SMILES string of the molecule is C.C.CC=N/C(=C\N)C[C@H](N)C(=O)O.CC=N/C(=C\N)C[C@H](N=COOC)C(=O)O. The standard InChI is InChI=1S/C9H15N3O4.C7H13N3O2.2CH4/c1-3-11-7(5-10)4-8(9(13)14)12-6-16-15-2;1-2-10-5(4-8)3-6(9)7(11)12;;/h3,5-6,8H,4,10H2,1-2H3,(H,13,14);2,4,6H,3,8-9H2,1H3,(H,11,12);2*1H4/b7-5-,11-3?,12-6?;5-4-,10-2?;;/t8-;6-;;/m00../s1. The summed E-state index contributed by atoms with van der Waals surface area (Å²) in [5, 5.41) is 17.3. The van der Waals surface area contributed by atoms with E-state index in [-0.39, 0.29) is 27.7 Å². The van der Waals surface area contributed by atoms with Crippen LogP contribution in [0.2, 0.25) is 0 Å². The molecule has 0 radical (unpaired) electrons. The first-order valence-corrected chi connectivity index (χ1v) is 7.98. The smallest absolute Gasteiger partial charge is 0.328 e. The number of carboxylic acids is 2. The number of nitrogens with two attached hydrogens (primary N) is 3. The molecule has 0 heterocycles. The molecule has 174 valence electrons. The maximum Gasteiger partial charge on any atom is 0.328 e. The average molecular weight is 433 g/mol. The first kappa shape index (κ1) is 34.3. The quantitative estimate of drug-likeness (QED) is 0.137. The van der Waals surface area contributed by atoms with E-state index in [0.29, 0.717) is 11.4 Å². The van der Waals surface area contributed by atoms with Gasteiger partial charge in [0, 0.05) is 37.7 Å². The molecule has 8 N–H and O–H groups in total. The molecule has 0 saturated carbocycles. The highest BCUT2D eigenvalue weighted by Crippen LogP contribution is 2.09. The van der Waals surface area contributed by atoms with E-state index in [4.69, 9.17) is 27.4 Å². The highest BCUT2D eigenvalue weighted by atomic mass is 17.2. The van der Waals surface area contributed by atoms with Gasteiger partial charge in [-0.05, 0) is 13.8 Å². The Morgan fingerprint density at radius 3 is 1.77 bits per heavy atom. The molecule has 0 spiro atoms. The maximum atomic E-state index is 10.8. The van der Waals surface area contributed by atoms with Gasteiger partial charge in [0.15, 0.2) is 6.04 Å². The third-order valence-electron chi connectivity index (χ3n) is 2.79. The van der Waals surface area contributed by atoms with Crippen LogP contribution in [-0.2, 0) is 19.4 Å². The Morgan fingerprint density at radius 2 is 1.43 bits per heavy atom. The maximum absolute atomic E-state index is 10.8. The van der Waals surface area contributed by atoms with Crippen LogP contribution in [0.25, 0.3) is 0 Å². The van der Waals surface area contributed by atoms with Crippen molar-refractivity contribution in [3.05, 3.63) is 23.8 Å². The van der Waals surface area contributed by atoms with Gasteiger partial charge in [-0.15, -0.1) is 0 Å². The van der Waals surface area contributed by atoms with Crippen LogP contribution in [0.5, 0.6) is 0 Å². The van der Waals surface area contributed by atoms with Gasteiger partial charge in [0.1, 0.15) is 6.04 Å². The Kier molecular flexibility index (Phi) is 25.2. The fraction of sp³-hybridized carbons (Fsp3) is 0.500. The molecule has 0 fully saturated rings. The van der Waals surface area contributed by atoms with E-state index >= 15 is 0 Å². The van der Waals surface area contributed by atoms with Crippen LogP contribution in [0.3, 0.4) is 0 Å². The Balaban J connectivity index is -0.000000219. The Labute approximate surface area is 177 Å². The van der Waals surface area contributed by atoms with Gasteiger partial charge in [-0.3, -0.25) is 14.8 Å². The van der Waals surface area contributed by atoms with E-state index in [1.807, 2.05) is 0 Å². The summed E-state index contributed by atoms with van der Waals surface area (Å²) in [6, 6.07) is -1.95. The predicted octanol–water partition coefficient (Wildman–Crippen LogP) is 1.28. The molecular formula is C18H36N6O6. The fourth-order valence-corrected chi connectivity index (χ4v) is 1.52. The molecule has 2 atom stereocenters. The number of hydrogen-bond acceptors (Lipinski definition) is 10. The number of aliphatic imine (C=N–C) groups is 3. The Hall–Kier alpha value is -3.25. The molecule has 0 saturated heterocycles. The molecule has 0 aromatic rings. The summed E-state index contributed by atoms with van der Waals surface area (Å²) in [4.78, 5) is 41.1. The Bertz CT molecular complexity index is 616. The van der Waals surface area contributed by atoms with Crippen LogP contribution in [0, 0.1) is 0 Å². The van der Waals surface area contributed by atoms with Gasteiger partial charge in [-0.25, -0.2) is 9.79 Å². The monoisotopic (exact) mass is 432 g/mol. The van der Waals surface area contributed by atoms with Crippen molar-refractivity contribution in [1.82, 2.24) is 0 Å². The molecular weight excluding hydrogens is 396 g/mol. The van der Waals surface area contributed by atoms with Crippen LogP contribution in [-0.4, -0.2) is 60.2 Å². The van der Waals surface area contributed by atoms with E-state index < -0.39 is 24.0 Å². The summed E-state index contributed by atoms with van der Waals surface area (Å²) >= 11 is 0. The lowest BCUT2D eigenvalue weighted by molar-refractivity contribution is -0.188. The van der Waals surface area contributed by atoms with Gasteiger partial charge in [0.25, 0.3) is 0 Å². The summed E-state index contributed by atoms with van der Waals surface area (Å²) in [6.45, 7) is 3.42. The van der Waals surface area contributed by atoms with E-state index in [1.54, 1.807) is 13.8 Å². The van der Waals surface area contributed by atoms with Crippen LogP contribution in [0.4, 0.5) is 0 Å². The minimum Gasteiger partial charge on any atom is -0.480 e. The number of carbonyl (C=O) groups is 2. The van der Waals surface area contributed by atoms with Crippen LogP contribution in [0.1, 0.15) is 41.5 Å². The van der Waals surface area contributed by atoms with Crippen molar-refractivity contribution in [3.63, 3.8) is 0 Å². The largest absolute Gasteiger partial charge is 0.480 e. The van der Waals surface area contributed by atoms with Gasteiger partial charge in [0.2, 0.25) is 6.40 Å². The predicted molar refractivity (Wildman–Crippen MR) is 119 cm³/mol. The van der Waals surface area contributed by atoms with Crippen LogP contribution < -0.4 is 17.2 Å². The van der Waals surface area contributed by atoms with Crippen LogP contribution in [0.15, 0.2) is 38.8 Å². The van der Waals surface area contributed by atoms with Gasteiger partial charge in [0.05, 0.1) is 18.5 Å². The van der Waals surface area contributed by atoms with Gasteiger partial charge in [-0.2, -0.15) is 4.89 Å². The molecule has 0 aromatic heterocycles. The summed E-state index contributed by atoms with van der Waals surface area (Å²) in [7, 11) is 1.29. The molecule has 0 amide bonds. The number of nitrogens with zero attached hydrogens (tertiary/aromatic N) is 3. The summed E-state index contributed by atoms with van der Waals surface area (Å²) < 4.78 is 0. The van der Waals surface area contributed by atoms with Gasteiger partial charge in [-0.1, -0.05) is 14.9 Å². The fourth-order valence-electron chi connectivity index (χ4n) is 1.52. The summed E-state index contributed by atoms with van der Waals surface area (Å²) in [5.74, 6) is -2.15. The normalized spacial score (nSPS) is 13.7. The zero-order chi connectivity index (χ0) is 21.9. The first-order valence-electron chi connectivity index (χ1n) is 7.98. The van der Waals surface area contributed by atoms with Crippen molar-refractivity contribution >= 4 is 30.8 Å². The molecule has 0 aliphatic rings. The topological polar surface area (TPSA) is 208 Å². The number of rotatable bonds is 11. The zero-order valence-electron chi connectivity index (χ0n) is 16.1. The first-order chi connectivity index (χ1) is 13.3. The van der Waals surface area contributed by atoms with Crippen LogP contribution >= 0.6 is 0 Å². The van der Waals surface area contributed by atoms with Gasteiger partial charge < -0.3 is 32.3 Å². The van der Waals surface area contributed by atoms with Gasteiger partial charge >= 0.3 is 11.9 Å². The molecule has 12 heteroatoms. The lowest BCUT2D eigenvalue weighted by atomic mass is 10.2. The van der Waals surface area contributed by atoms with Crippen molar-refractivity contribution in [2.75, 3.05) is 7.11 Å². The van der Waals surface area contributed by atoms with Crippen molar-refractivity contribution in [1.29, 1.82) is 0 Å². The highest BCUT2D eigenvalue weighted by Gasteiger charge is 2.17.